The summed E-state index contributed by atoms with van der Waals surface area (Å²) in [7, 11) is 6.61. The number of rotatable bonds is 9. The number of hydrogen-bond donors (Lipinski definition) is 1. The van der Waals surface area contributed by atoms with Crippen molar-refractivity contribution in [3.8, 4) is 17.2 Å². The van der Waals surface area contributed by atoms with E-state index in [1.54, 1.807) is 10.6 Å². The lowest BCUT2D eigenvalue weighted by atomic mass is 9.94. The lowest BCUT2D eigenvalue weighted by Crippen LogP contribution is -2.41. The average molecular weight is 434 g/mol. The summed E-state index contributed by atoms with van der Waals surface area (Å²) >= 11 is 0. The number of hydrogen-bond acceptors (Lipinski definition) is 7. The van der Waals surface area contributed by atoms with Crippen molar-refractivity contribution in [2.75, 3.05) is 34.9 Å². The summed E-state index contributed by atoms with van der Waals surface area (Å²) in [5.74, 6) is 1.77. The van der Waals surface area contributed by atoms with Crippen LogP contribution < -0.4 is 19.8 Å². The zero-order valence-electron chi connectivity index (χ0n) is 19.3. The normalized spacial score (nSPS) is 16.0. The summed E-state index contributed by atoms with van der Waals surface area (Å²) < 4.78 is 17.9. The number of likely N-dealkylation sites (N-methyl/N-ethyl adjacent to an activating group) is 1. The van der Waals surface area contributed by atoms with Crippen molar-refractivity contribution in [2.24, 2.45) is 0 Å². The molecular formula is C23H35N3O5. The fourth-order valence-electron chi connectivity index (χ4n) is 4.60. The highest BCUT2D eigenvalue weighted by Gasteiger charge is 2.24. The summed E-state index contributed by atoms with van der Waals surface area (Å²) in [5, 5.41) is 11.2. The van der Waals surface area contributed by atoms with Crippen molar-refractivity contribution in [3.05, 3.63) is 22.2 Å². The lowest BCUT2D eigenvalue weighted by molar-refractivity contribution is 0.0786. The smallest absolute Gasteiger partial charge is 0.261 e. The molecule has 8 heteroatoms. The number of methoxy groups -OCH3 is 3. The van der Waals surface area contributed by atoms with Crippen LogP contribution in [0.3, 0.4) is 0 Å². The van der Waals surface area contributed by atoms with Crippen LogP contribution in [0.25, 0.3) is 10.9 Å². The maximum Gasteiger partial charge on any atom is 0.261 e. The predicted molar refractivity (Wildman–Crippen MR) is 121 cm³/mol. The first-order chi connectivity index (χ1) is 14.9. The van der Waals surface area contributed by atoms with E-state index in [-0.39, 0.29) is 12.1 Å². The summed E-state index contributed by atoms with van der Waals surface area (Å²) in [4.78, 5) is 20.4. The molecule has 2 aromatic rings. The maximum absolute atomic E-state index is 13.4. The number of benzene rings is 1. The standard InChI is InChI=1S/C23H35N3O5/c1-6-19-24-20-17(12-18(29-3)21(30-4)22(20)31-5)23(28)26(19)14-16(27)13-25(2)15-10-8-7-9-11-15/h12,15-16,27H,6-11,13-14H2,1-5H3. The second kappa shape index (κ2) is 10.3. The molecule has 172 valence electrons. The van der Waals surface area contributed by atoms with Crippen molar-refractivity contribution in [2.45, 2.75) is 64.1 Å². The second-order valence-electron chi connectivity index (χ2n) is 8.22. The Kier molecular flexibility index (Phi) is 7.78. The summed E-state index contributed by atoms with van der Waals surface area (Å²) in [6.07, 6.45) is 6.00. The zero-order chi connectivity index (χ0) is 22.5. The SMILES string of the molecule is CCc1nc2c(OC)c(OC)c(OC)cc2c(=O)n1CC(O)CN(C)C1CCCCC1. The van der Waals surface area contributed by atoms with E-state index in [0.29, 0.717) is 53.0 Å². The average Bonchev–Trinajstić information content (AvgIpc) is 2.79. The molecule has 1 unspecified atom stereocenters. The Morgan fingerprint density at radius 1 is 1.16 bits per heavy atom. The molecule has 0 amide bonds. The van der Waals surface area contributed by atoms with E-state index in [4.69, 9.17) is 19.2 Å². The van der Waals surface area contributed by atoms with Crippen molar-refractivity contribution < 1.29 is 19.3 Å². The molecule has 0 aliphatic heterocycles. The van der Waals surface area contributed by atoms with Gasteiger partial charge in [-0.1, -0.05) is 26.2 Å². The van der Waals surface area contributed by atoms with Gasteiger partial charge in [0.25, 0.3) is 5.56 Å². The van der Waals surface area contributed by atoms with Crippen molar-refractivity contribution in [1.29, 1.82) is 0 Å². The van der Waals surface area contributed by atoms with Gasteiger partial charge >= 0.3 is 0 Å². The van der Waals surface area contributed by atoms with E-state index in [0.717, 1.165) is 0 Å². The molecule has 1 aliphatic rings. The molecule has 0 bridgehead atoms. The van der Waals surface area contributed by atoms with Crippen molar-refractivity contribution in [1.82, 2.24) is 14.5 Å². The van der Waals surface area contributed by atoms with E-state index in [1.807, 2.05) is 6.92 Å². The first-order valence-corrected chi connectivity index (χ1v) is 11.1. The number of aliphatic hydroxyl groups excluding tert-OH is 1. The highest BCUT2D eigenvalue weighted by molar-refractivity contribution is 5.89. The van der Waals surface area contributed by atoms with Gasteiger partial charge in [0.05, 0.1) is 39.4 Å². The van der Waals surface area contributed by atoms with Gasteiger partial charge < -0.3 is 24.2 Å². The van der Waals surface area contributed by atoms with Crippen LogP contribution in [0.2, 0.25) is 0 Å². The van der Waals surface area contributed by atoms with Gasteiger partial charge in [0.2, 0.25) is 5.75 Å². The van der Waals surface area contributed by atoms with Crippen LogP contribution in [0.1, 0.15) is 44.9 Å². The largest absolute Gasteiger partial charge is 0.493 e. The van der Waals surface area contributed by atoms with Crippen LogP contribution in [0.15, 0.2) is 10.9 Å². The zero-order valence-corrected chi connectivity index (χ0v) is 19.3. The topological polar surface area (TPSA) is 86.0 Å². The van der Waals surface area contributed by atoms with E-state index in [9.17, 15) is 9.90 Å². The molecule has 0 radical (unpaired) electrons. The highest BCUT2D eigenvalue weighted by atomic mass is 16.5. The summed E-state index contributed by atoms with van der Waals surface area (Å²) in [6.45, 7) is 2.66. The second-order valence-corrected chi connectivity index (χ2v) is 8.22. The fraction of sp³-hybridized carbons (Fsp3) is 0.652. The minimum Gasteiger partial charge on any atom is -0.493 e. The molecule has 1 atom stereocenters. The Hall–Kier alpha value is -2.32. The quantitative estimate of drug-likeness (QED) is 0.651. The van der Waals surface area contributed by atoms with Gasteiger partial charge in [-0.3, -0.25) is 9.36 Å². The number of ether oxygens (including phenoxy) is 3. The maximum atomic E-state index is 13.4. The van der Waals surface area contributed by atoms with Crippen molar-refractivity contribution in [3.63, 3.8) is 0 Å². The van der Waals surface area contributed by atoms with Crippen LogP contribution in [-0.4, -0.2) is 66.6 Å². The van der Waals surface area contributed by atoms with E-state index in [2.05, 4.69) is 11.9 Å². The Balaban J connectivity index is 1.96. The lowest BCUT2D eigenvalue weighted by Gasteiger charge is -2.32. The van der Waals surface area contributed by atoms with E-state index >= 15 is 0 Å². The van der Waals surface area contributed by atoms with Crippen LogP contribution in [-0.2, 0) is 13.0 Å². The molecule has 1 aromatic heterocycles. The van der Waals surface area contributed by atoms with Gasteiger partial charge in [-0.2, -0.15) is 0 Å². The number of aryl methyl sites for hydroxylation is 1. The molecular weight excluding hydrogens is 398 g/mol. The third-order valence-corrected chi connectivity index (χ3v) is 6.24. The van der Waals surface area contributed by atoms with Crippen molar-refractivity contribution >= 4 is 10.9 Å². The Bertz CT molecular complexity index is 953. The van der Waals surface area contributed by atoms with Crippen LogP contribution in [0.5, 0.6) is 17.2 Å². The highest BCUT2D eigenvalue weighted by Crippen LogP contribution is 2.41. The van der Waals surface area contributed by atoms with Gasteiger partial charge in [-0.25, -0.2) is 4.98 Å². The molecule has 0 saturated heterocycles. The summed E-state index contributed by atoms with van der Waals surface area (Å²) in [5.41, 5.74) is 0.215. The summed E-state index contributed by atoms with van der Waals surface area (Å²) in [6, 6.07) is 2.13. The third-order valence-electron chi connectivity index (χ3n) is 6.24. The van der Waals surface area contributed by atoms with E-state index < -0.39 is 6.10 Å². The van der Waals surface area contributed by atoms with Crippen LogP contribution in [0, 0.1) is 0 Å². The van der Waals surface area contributed by atoms with Gasteiger partial charge in [-0.05, 0) is 26.0 Å². The minimum atomic E-state index is -0.670. The molecule has 31 heavy (non-hydrogen) atoms. The Labute approximate surface area is 183 Å². The molecule has 0 spiro atoms. The predicted octanol–water partition coefficient (Wildman–Crippen LogP) is 2.61. The molecule has 1 aliphatic carbocycles. The molecule has 1 heterocycles. The monoisotopic (exact) mass is 433 g/mol. The van der Waals surface area contributed by atoms with E-state index in [1.165, 1.54) is 53.4 Å². The first-order valence-electron chi connectivity index (χ1n) is 11.1. The van der Waals surface area contributed by atoms with Crippen LogP contribution >= 0.6 is 0 Å². The molecule has 8 nitrogen and oxygen atoms in total. The molecule has 1 aromatic carbocycles. The number of fused-ring (bicyclic) bond motifs is 1. The molecule has 1 N–H and O–H groups in total. The minimum absolute atomic E-state index is 0.193. The van der Waals surface area contributed by atoms with Gasteiger partial charge in [0, 0.05) is 19.0 Å². The first kappa shape index (κ1) is 23.3. The number of nitrogens with zero attached hydrogens (tertiary/aromatic N) is 3. The van der Waals surface area contributed by atoms with Crippen LogP contribution in [0.4, 0.5) is 0 Å². The van der Waals surface area contributed by atoms with Gasteiger partial charge in [0.15, 0.2) is 11.5 Å². The molecule has 1 saturated carbocycles. The Morgan fingerprint density at radius 3 is 2.42 bits per heavy atom. The number of aromatic nitrogens is 2. The molecule has 1 fully saturated rings. The Morgan fingerprint density at radius 2 is 1.84 bits per heavy atom. The van der Waals surface area contributed by atoms with Gasteiger partial charge in [0.1, 0.15) is 11.3 Å². The number of aliphatic hydroxyl groups is 1. The van der Waals surface area contributed by atoms with Gasteiger partial charge in [-0.15, -0.1) is 0 Å². The fourth-order valence-corrected chi connectivity index (χ4v) is 4.60. The third kappa shape index (κ3) is 4.80. The molecule has 3 rings (SSSR count).